The number of fused-ring (bicyclic) bond motifs is 1. The van der Waals surface area contributed by atoms with Crippen LogP contribution in [-0.4, -0.2) is 6.61 Å². The van der Waals surface area contributed by atoms with E-state index in [-0.39, 0.29) is 17.1 Å². The minimum Gasteiger partial charge on any atom is -0.435 e. The van der Waals surface area contributed by atoms with Crippen LogP contribution in [0.5, 0.6) is 5.75 Å². The van der Waals surface area contributed by atoms with Gasteiger partial charge in [-0.2, -0.15) is 8.78 Å². The molecule has 0 amide bonds. The van der Waals surface area contributed by atoms with Crippen LogP contribution in [-0.2, 0) is 19.3 Å². The summed E-state index contributed by atoms with van der Waals surface area (Å²) in [6, 6.07) is 24.1. The van der Waals surface area contributed by atoms with Gasteiger partial charge in [-0.3, -0.25) is 0 Å². The maximum Gasteiger partial charge on any atom is 0.387 e. The fourth-order valence-electron chi connectivity index (χ4n) is 4.03. The van der Waals surface area contributed by atoms with Crippen molar-refractivity contribution in [2.24, 2.45) is 0 Å². The van der Waals surface area contributed by atoms with Gasteiger partial charge in [0.25, 0.3) is 0 Å². The highest BCUT2D eigenvalue weighted by Crippen LogP contribution is 2.23. The monoisotopic (exact) mass is 484 g/mol. The van der Waals surface area contributed by atoms with Gasteiger partial charge in [-0.05, 0) is 85.0 Å². The molecule has 4 aromatic rings. The molecule has 1 nitrogen and oxygen atoms in total. The largest absolute Gasteiger partial charge is 0.435 e. The van der Waals surface area contributed by atoms with Crippen molar-refractivity contribution >= 4 is 10.8 Å². The van der Waals surface area contributed by atoms with Gasteiger partial charge in [0.1, 0.15) is 11.6 Å². The second kappa shape index (κ2) is 12.1. The van der Waals surface area contributed by atoms with E-state index in [1.54, 1.807) is 18.2 Å². The second-order valence-corrected chi connectivity index (χ2v) is 8.56. The molecule has 0 N–H and O–H groups in total. The van der Waals surface area contributed by atoms with Crippen LogP contribution in [0.3, 0.4) is 0 Å². The molecule has 0 unspecified atom stereocenters. The standard InChI is InChI=1S/C32H27F3O/c1-2-3-4-5-23-6-8-24(9-7-23)10-11-26-15-21-30-28(22-26)18-17-27(31(30)33)16-12-25-13-19-29(20-14-25)36-32(34)35/h2-3,6-9,13-15,17-22,32H,4-5,10-11H2,1H3/b3-2+. The summed E-state index contributed by atoms with van der Waals surface area (Å²) in [6.07, 6.45) is 8.17. The number of hydrogen-bond donors (Lipinski definition) is 0. The quantitative estimate of drug-likeness (QED) is 0.181. The Morgan fingerprint density at radius 2 is 1.44 bits per heavy atom. The summed E-state index contributed by atoms with van der Waals surface area (Å²) in [5.41, 5.74) is 4.66. The zero-order valence-electron chi connectivity index (χ0n) is 20.1. The Morgan fingerprint density at radius 1 is 0.778 bits per heavy atom. The molecule has 0 saturated heterocycles. The number of halogens is 3. The van der Waals surface area contributed by atoms with E-state index in [2.05, 4.69) is 53.0 Å². The number of benzene rings is 4. The van der Waals surface area contributed by atoms with E-state index in [1.165, 1.54) is 23.3 Å². The maximum absolute atomic E-state index is 15.1. The van der Waals surface area contributed by atoms with E-state index in [0.717, 1.165) is 36.6 Å². The Bertz CT molecular complexity index is 1390. The Labute approximate surface area is 210 Å². The molecule has 0 aliphatic carbocycles. The average Bonchev–Trinajstić information content (AvgIpc) is 2.88. The molecule has 0 fully saturated rings. The first-order valence-corrected chi connectivity index (χ1v) is 12.0. The van der Waals surface area contributed by atoms with Crippen molar-refractivity contribution in [3.05, 3.63) is 125 Å². The number of rotatable bonds is 8. The van der Waals surface area contributed by atoms with Crippen molar-refractivity contribution in [2.45, 2.75) is 39.2 Å². The van der Waals surface area contributed by atoms with Crippen LogP contribution in [0.2, 0.25) is 0 Å². The van der Waals surface area contributed by atoms with Crippen molar-refractivity contribution in [1.29, 1.82) is 0 Å². The third-order valence-corrected chi connectivity index (χ3v) is 6.00. The summed E-state index contributed by atoms with van der Waals surface area (Å²) in [5.74, 6) is 5.42. The molecule has 4 rings (SSSR count). The van der Waals surface area contributed by atoms with E-state index in [1.807, 2.05) is 31.2 Å². The Hall–Kier alpha value is -3.97. The molecule has 0 bridgehead atoms. The third-order valence-electron chi connectivity index (χ3n) is 6.00. The number of aryl methyl sites for hydroxylation is 3. The van der Waals surface area contributed by atoms with Crippen molar-refractivity contribution in [1.82, 2.24) is 0 Å². The lowest BCUT2D eigenvalue weighted by Crippen LogP contribution is -2.01. The molecule has 182 valence electrons. The maximum atomic E-state index is 15.1. The number of hydrogen-bond acceptors (Lipinski definition) is 1. The summed E-state index contributed by atoms with van der Waals surface area (Å²) in [7, 11) is 0. The van der Waals surface area contributed by atoms with Gasteiger partial charge in [-0.25, -0.2) is 4.39 Å². The lowest BCUT2D eigenvalue weighted by atomic mass is 9.98. The number of ether oxygens (including phenoxy) is 1. The van der Waals surface area contributed by atoms with Crippen LogP contribution in [0, 0.1) is 17.7 Å². The molecule has 0 aliphatic rings. The minimum atomic E-state index is -2.88. The number of alkyl halides is 2. The Balaban J connectivity index is 1.42. The molecule has 4 aromatic carbocycles. The van der Waals surface area contributed by atoms with Crippen molar-refractivity contribution in [2.75, 3.05) is 0 Å². The van der Waals surface area contributed by atoms with Gasteiger partial charge in [0.2, 0.25) is 0 Å². The highest BCUT2D eigenvalue weighted by molar-refractivity contribution is 5.85. The molecule has 0 spiro atoms. The predicted octanol–water partition coefficient (Wildman–Crippen LogP) is 8.27. The van der Waals surface area contributed by atoms with Crippen molar-refractivity contribution in [3.8, 4) is 17.6 Å². The van der Waals surface area contributed by atoms with E-state index in [0.29, 0.717) is 10.9 Å². The number of allylic oxidation sites excluding steroid dienone is 2. The molecule has 0 aliphatic heterocycles. The van der Waals surface area contributed by atoms with Crippen LogP contribution in [0.1, 0.15) is 41.2 Å². The molecule has 0 aromatic heterocycles. The highest BCUT2D eigenvalue weighted by Gasteiger charge is 2.07. The Morgan fingerprint density at radius 3 is 2.14 bits per heavy atom. The summed E-state index contributed by atoms with van der Waals surface area (Å²) < 4.78 is 44.0. The van der Waals surface area contributed by atoms with E-state index < -0.39 is 6.61 Å². The zero-order valence-corrected chi connectivity index (χ0v) is 20.1. The molecule has 0 atom stereocenters. The van der Waals surface area contributed by atoms with Gasteiger partial charge in [0, 0.05) is 10.9 Å². The van der Waals surface area contributed by atoms with Crippen LogP contribution in [0.15, 0.2) is 91.0 Å². The second-order valence-electron chi connectivity index (χ2n) is 8.56. The summed E-state index contributed by atoms with van der Waals surface area (Å²) in [6.45, 7) is -0.836. The zero-order chi connectivity index (χ0) is 25.3. The SMILES string of the molecule is C/C=C/CCc1ccc(CCc2ccc3c(F)c(C#Cc4ccc(OC(F)F)cc4)ccc3c2)cc1. The lowest BCUT2D eigenvalue weighted by molar-refractivity contribution is -0.0498. The van der Waals surface area contributed by atoms with Crippen LogP contribution >= 0.6 is 0 Å². The lowest BCUT2D eigenvalue weighted by Gasteiger charge is -2.07. The van der Waals surface area contributed by atoms with E-state index >= 15 is 4.39 Å². The predicted molar refractivity (Wildman–Crippen MR) is 140 cm³/mol. The molecular formula is C32H27F3O. The highest BCUT2D eigenvalue weighted by atomic mass is 19.3. The topological polar surface area (TPSA) is 9.23 Å². The van der Waals surface area contributed by atoms with Gasteiger partial charge in [0.15, 0.2) is 0 Å². The van der Waals surface area contributed by atoms with Crippen molar-refractivity contribution < 1.29 is 17.9 Å². The van der Waals surface area contributed by atoms with E-state index in [9.17, 15) is 8.78 Å². The molecule has 36 heavy (non-hydrogen) atoms. The molecule has 0 heterocycles. The first kappa shape index (κ1) is 25.1. The molecule has 4 heteroatoms. The minimum absolute atomic E-state index is 0.0559. The third kappa shape index (κ3) is 6.79. The summed E-state index contributed by atoms with van der Waals surface area (Å²) in [5, 5.41) is 1.36. The first-order chi connectivity index (χ1) is 17.5. The first-order valence-electron chi connectivity index (χ1n) is 12.0. The van der Waals surface area contributed by atoms with Gasteiger partial charge < -0.3 is 4.74 Å². The van der Waals surface area contributed by atoms with Gasteiger partial charge >= 0.3 is 6.61 Å². The van der Waals surface area contributed by atoms with E-state index in [4.69, 9.17) is 0 Å². The summed E-state index contributed by atoms with van der Waals surface area (Å²) >= 11 is 0. The average molecular weight is 485 g/mol. The fraction of sp³-hybridized carbons (Fsp3) is 0.188. The molecule has 0 radical (unpaired) electrons. The van der Waals surface area contributed by atoms with Crippen molar-refractivity contribution in [3.63, 3.8) is 0 Å². The van der Waals surface area contributed by atoms with Crippen LogP contribution in [0.25, 0.3) is 10.8 Å². The van der Waals surface area contributed by atoms with Gasteiger partial charge in [-0.15, -0.1) is 0 Å². The van der Waals surface area contributed by atoms with Gasteiger partial charge in [-0.1, -0.05) is 72.5 Å². The van der Waals surface area contributed by atoms with Crippen LogP contribution in [0.4, 0.5) is 13.2 Å². The molecular weight excluding hydrogens is 457 g/mol. The van der Waals surface area contributed by atoms with Crippen LogP contribution < -0.4 is 4.74 Å². The Kier molecular flexibility index (Phi) is 8.47. The van der Waals surface area contributed by atoms with Gasteiger partial charge in [0.05, 0.1) is 5.56 Å². The summed E-state index contributed by atoms with van der Waals surface area (Å²) in [4.78, 5) is 0. The molecule has 0 saturated carbocycles. The smallest absolute Gasteiger partial charge is 0.387 e. The normalized spacial score (nSPS) is 11.1. The fourth-order valence-corrected chi connectivity index (χ4v) is 4.03.